The molecule has 0 saturated carbocycles. The third kappa shape index (κ3) is 7.40. The van der Waals surface area contributed by atoms with Gasteiger partial charge in [0.25, 0.3) is 5.91 Å². The van der Waals surface area contributed by atoms with Crippen molar-refractivity contribution in [3.63, 3.8) is 0 Å². The van der Waals surface area contributed by atoms with Crippen LogP contribution in [0, 0.1) is 0 Å². The molecule has 28 heavy (non-hydrogen) atoms. The van der Waals surface area contributed by atoms with E-state index in [-0.39, 0.29) is 30.5 Å². The molecule has 0 radical (unpaired) electrons. The number of rotatable bonds is 9. The number of amides is 2. The monoisotopic (exact) mass is 383 g/mol. The Bertz CT molecular complexity index is 786. The highest BCUT2D eigenvalue weighted by atomic mass is 16.5. The van der Waals surface area contributed by atoms with E-state index in [1.807, 2.05) is 52.0 Å². The second-order valence-corrected chi connectivity index (χ2v) is 7.17. The highest BCUT2D eigenvalue weighted by Gasteiger charge is 2.09. The number of carbonyl (C=O) groups is 2. The zero-order valence-electron chi connectivity index (χ0n) is 16.9. The fraction of sp³-hybridized carbons (Fsp3) is 0.364. The second kappa shape index (κ2) is 10.5. The Hall–Kier alpha value is -2.86. The number of anilines is 1. The molecule has 3 N–H and O–H groups in total. The Morgan fingerprint density at radius 3 is 2.36 bits per heavy atom. The highest BCUT2D eigenvalue weighted by molar-refractivity contribution is 5.97. The first-order valence-corrected chi connectivity index (χ1v) is 9.50. The predicted molar refractivity (Wildman–Crippen MR) is 112 cm³/mol. The third-order valence-electron chi connectivity index (χ3n) is 3.74. The quantitative estimate of drug-likeness (QED) is 0.620. The van der Waals surface area contributed by atoms with Gasteiger partial charge in [0.15, 0.2) is 0 Å². The largest absolute Gasteiger partial charge is 0.491 e. The molecule has 0 heterocycles. The van der Waals surface area contributed by atoms with Crippen molar-refractivity contribution in [2.45, 2.75) is 46.4 Å². The van der Waals surface area contributed by atoms with Crippen LogP contribution in [0.2, 0.25) is 0 Å². The second-order valence-electron chi connectivity index (χ2n) is 7.17. The molecule has 6 heteroatoms. The van der Waals surface area contributed by atoms with Crippen molar-refractivity contribution in [2.24, 2.45) is 0 Å². The first-order valence-electron chi connectivity index (χ1n) is 9.50. The van der Waals surface area contributed by atoms with E-state index in [2.05, 4.69) is 16.0 Å². The van der Waals surface area contributed by atoms with Crippen molar-refractivity contribution in [3.8, 4) is 5.75 Å². The molecule has 0 fully saturated rings. The Balaban J connectivity index is 1.80. The van der Waals surface area contributed by atoms with Gasteiger partial charge in [-0.05, 0) is 63.6 Å². The number of ether oxygens (including phenoxy) is 1. The lowest BCUT2D eigenvalue weighted by atomic mass is 10.1. The van der Waals surface area contributed by atoms with Crippen LogP contribution in [0.5, 0.6) is 5.75 Å². The lowest BCUT2D eigenvalue weighted by Crippen LogP contribution is -2.30. The van der Waals surface area contributed by atoms with Crippen LogP contribution in [0.4, 0.5) is 5.69 Å². The van der Waals surface area contributed by atoms with Gasteiger partial charge in [-0.15, -0.1) is 0 Å². The third-order valence-corrected chi connectivity index (χ3v) is 3.74. The van der Waals surface area contributed by atoms with E-state index >= 15 is 0 Å². The molecule has 0 aliphatic heterocycles. The van der Waals surface area contributed by atoms with Crippen LogP contribution >= 0.6 is 0 Å². The molecule has 0 aliphatic rings. The van der Waals surface area contributed by atoms with E-state index in [0.717, 1.165) is 11.3 Å². The molecule has 0 aliphatic carbocycles. The van der Waals surface area contributed by atoms with Crippen molar-refractivity contribution in [1.82, 2.24) is 10.6 Å². The summed E-state index contributed by atoms with van der Waals surface area (Å²) in [6, 6.07) is 14.7. The molecular formula is C22H29N3O3. The average Bonchev–Trinajstić information content (AvgIpc) is 2.62. The summed E-state index contributed by atoms with van der Waals surface area (Å²) in [4.78, 5) is 24.2. The summed E-state index contributed by atoms with van der Waals surface area (Å²) in [5, 5.41) is 8.75. The topological polar surface area (TPSA) is 79.5 Å². The normalized spacial score (nSPS) is 10.8. The first-order chi connectivity index (χ1) is 13.3. The van der Waals surface area contributed by atoms with E-state index in [0.29, 0.717) is 17.8 Å². The summed E-state index contributed by atoms with van der Waals surface area (Å²) in [6.07, 6.45) is 0.141. The summed E-state index contributed by atoms with van der Waals surface area (Å²) in [5.41, 5.74) is 2.18. The molecule has 0 atom stereocenters. The standard InChI is InChI=1S/C22H29N3O3/c1-15(2)24-22(27)18-6-5-7-19(12-18)25-21(26)14-23-13-17-8-10-20(11-9-17)28-16(3)4/h5-12,15-16,23H,13-14H2,1-4H3,(H,24,27)(H,25,26). The molecule has 150 valence electrons. The van der Waals surface area contributed by atoms with E-state index in [4.69, 9.17) is 4.74 Å². The maximum atomic E-state index is 12.1. The zero-order chi connectivity index (χ0) is 20.5. The van der Waals surface area contributed by atoms with Crippen molar-refractivity contribution in [3.05, 3.63) is 59.7 Å². The van der Waals surface area contributed by atoms with Crippen LogP contribution in [-0.2, 0) is 11.3 Å². The van der Waals surface area contributed by atoms with Crippen LogP contribution in [0.1, 0.15) is 43.6 Å². The smallest absolute Gasteiger partial charge is 0.251 e. The van der Waals surface area contributed by atoms with Gasteiger partial charge in [-0.3, -0.25) is 9.59 Å². The predicted octanol–water partition coefficient (Wildman–Crippen LogP) is 3.34. The van der Waals surface area contributed by atoms with Crippen LogP contribution in [0.3, 0.4) is 0 Å². The maximum Gasteiger partial charge on any atom is 0.251 e. The average molecular weight is 383 g/mol. The van der Waals surface area contributed by atoms with Gasteiger partial charge in [0.2, 0.25) is 5.91 Å². The maximum absolute atomic E-state index is 12.1. The van der Waals surface area contributed by atoms with Gasteiger partial charge in [0.05, 0.1) is 12.6 Å². The lowest BCUT2D eigenvalue weighted by Gasteiger charge is -2.11. The number of nitrogens with one attached hydrogen (secondary N) is 3. The van der Waals surface area contributed by atoms with Crippen molar-refractivity contribution < 1.29 is 14.3 Å². The van der Waals surface area contributed by atoms with Crippen LogP contribution < -0.4 is 20.7 Å². The van der Waals surface area contributed by atoms with Crippen molar-refractivity contribution in [1.29, 1.82) is 0 Å². The fourth-order valence-corrected chi connectivity index (χ4v) is 2.57. The van der Waals surface area contributed by atoms with E-state index < -0.39 is 0 Å². The molecule has 0 saturated heterocycles. The zero-order valence-corrected chi connectivity index (χ0v) is 16.9. The Morgan fingerprint density at radius 1 is 1.00 bits per heavy atom. The molecule has 0 bridgehead atoms. The summed E-state index contributed by atoms with van der Waals surface area (Å²) in [7, 11) is 0. The summed E-state index contributed by atoms with van der Waals surface area (Å²) < 4.78 is 5.61. The summed E-state index contributed by atoms with van der Waals surface area (Å²) in [6.45, 7) is 8.53. The summed E-state index contributed by atoms with van der Waals surface area (Å²) in [5.74, 6) is 0.508. The molecule has 2 rings (SSSR count). The van der Waals surface area contributed by atoms with Gasteiger partial charge >= 0.3 is 0 Å². The fourth-order valence-electron chi connectivity index (χ4n) is 2.57. The van der Waals surface area contributed by atoms with Gasteiger partial charge in [0.1, 0.15) is 5.75 Å². The summed E-state index contributed by atoms with van der Waals surface area (Å²) >= 11 is 0. The molecule has 6 nitrogen and oxygen atoms in total. The Morgan fingerprint density at radius 2 is 1.71 bits per heavy atom. The number of benzene rings is 2. The number of hydrogen-bond donors (Lipinski definition) is 3. The van der Waals surface area contributed by atoms with E-state index in [1.165, 1.54) is 0 Å². The molecule has 2 aromatic rings. The van der Waals surface area contributed by atoms with Crippen molar-refractivity contribution >= 4 is 17.5 Å². The molecule has 2 aromatic carbocycles. The van der Waals surface area contributed by atoms with Gasteiger partial charge in [0, 0.05) is 23.8 Å². The van der Waals surface area contributed by atoms with Crippen molar-refractivity contribution in [2.75, 3.05) is 11.9 Å². The molecule has 0 aromatic heterocycles. The minimum absolute atomic E-state index is 0.0564. The lowest BCUT2D eigenvalue weighted by molar-refractivity contribution is -0.115. The number of hydrogen-bond acceptors (Lipinski definition) is 4. The van der Waals surface area contributed by atoms with Crippen LogP contribution in [0.15, 0.2) is 48.5 Å². The van der Waals surface area contributed by atoms with E-state index in [9.17, 15) is 9.59 Å². The minimum atomic E-state index is -0.166. The van der Waals surface area contributed by atoms with Crippen LogP contribution in [0.25, 0.3) is 0 Å². The molecule has 0 unspecified atom stereocenters. The SMILES string of the molecule is CC(C)NC(=O)c1cccc(NC(=O)CNCc2ccc(OC(C)C)cc2)c1. The van der Waals surface area contributed by atoms with Gasteiger partial charge in [-0.2, -0.15) is 0 Å². The minimum Gasteiger partial charge on any atom is -0.491 e. The van der Waals surface area contributed by atoms with Crippen LogP contribution in [-0.4, -0.2) is 30.5 Å². The molecular weight excluding hydrogens is 354 g/mol. The molecule has 2 amide bonds. The van der Waals surface area contributed by atoms with Gasteiger partial charge in [-0.1, -0.05) is 18.2 Å². The Labute approximate surface area is 166 Å². The number of carbonyl (C=O) groups excluding carboxylic acids is 2. The first kappa shape index (κ1) is 21.4. The highest BCUT2D eigenvalue weighted by Crippen LogP contribution is 2.14. The van der Waals surface area contributed by atoms with Gasteiger partial charge < -0.3 is 20.7 Å². The van der Waals surface area contributed by atoms with Gasteiger partial charge in [-0.25, -0.2) is 0 Å². The molecule has 0 spiro atoms. The van der Waals surface area contributed by atoms with E-state index in [1.54, 1.807) is 24.3 Å². The Kier molecular flexibility index (Phi) is 8.02.